The zero-order valence-electron chi connectivity index (χ0n) is 18.0. The van der Waals surface area contributed by atoms with Crippen LogP contribution in [0.5, 0.6) is 17.2 Å². The van der Waals surface area contributed by atoms with Gasteiger partial charge in [0.2, 0.25) is 5.75 Å². The highest BCUT2D eigenvalue weighted by molar-refractivity contribution is 9.10. The number of benzene rings is 1. The van der Waals surface area contributed by atoms with E-state index in [1.807, 2.05) is 24.3 Å². The molecule has 0 N–H and O–H groups in total. The van der Waals surface area contributed by atoms with E-state index >= 15 is 0 Å². The average Bonchev–Trinajstić information content (AvgIpc) is 3.29. The van der Waals surface area contributed by atoms with Crippen molar-refractivity contribution in [2.24, 2.45) is 0 Å². The number of anilines is 1. The van der Waals surface area contributed by atoms with Gasteiger partial charge in [0.15, 0.2) is 27.7 Å². The van der Waals surface area contributed by atoms with Crippen LogP contribution in [0.2, 0.25) is 0 Å². The minimum atomic E-state index is -0.112. The number of methoxy groups -OCH3 is 3. The summed E-state index contributed by atoms with van der Waals surface area (Å²) in [4.78, 5) is 16.4. The number of carbonyl (C=O) groups is 1. The minimum absolute atomic E-state index is 0.112. The number of carbonyl (C=O) groups excluding carboxylic acids is 1. The molecule has 3 aromatic rings. The van der Waals surface area contributed by atoms with Gasteiger partial charge in [-0.25, -0.2) is 0 Å². The molecule has 0 atom stereocenters. The van der Waals surface area contributed by atoms with Crippen molar-refractivity contribution in [1.29, 1.82) is 0 Å². The molecule has 0 spiro atoms. The molecular weight excluding hydrogens is 480 g/mol. The highest BCUT2D eigenvalue weighted by Crippen LogP contribution is 2.40. The quantitative estimate of drug-likeness (QED) is 0.505. The van der Waals surface area contributed by atoms with E-state index in [1.54, 1.807) is 38.4 Å². The first-order valence-electron chi connectivity index (χ1n) is 9.97. The van der Waals surface area contributed by atoms with Crippen molar-refractivity contribution in [1.82, 2.24) is 15.1 Å². The Hall–Kier alpha value is -3.27. The molecule has 0 bridgehead atoms. The number of piperazine rings is 1. The Balaban J connectivity index is 1.45. The summed E-state index contributed by atoms with van der Waals surface area (Å²) in [5.41, 5.74) is 1.49. The van der Waals surface area contributed by atoms with Crippen LogP contribution < -0.4 is 19.1 Å². The number of hydrogen-bond acceptors (Lipinski definition) is 8. The van der Waals surface area contributed by atoms with E-state index in [2.05, 4.69) is 31.0 Å². The summed E-state index contributed by atoms with van der Waals surface area (Å²) >= 11 is 3.23. The smallest absolute Gasteiger partial charge is 0.289 e. The summed E-state index contributed by atoms with van der Waals surface area (Å²) < 4.78 is 22.1. The van der Waals surface area contributed by atoms with Crippen molar-refractivity contribution in [2.45, 2.75) is 0 Å². The van der Waals surface area contributed by atoms with Gasteiger partial charge in [-0.05, 0) is 52.3 Å². The van der Waals surface area contributed by atoms with Crippen LogP contribution in [0.25, 0.3) is 11.3 Å². The third kappa shape index (κ3) is 4.36. The van der Waals surface area contributed by atoms with Crippen LogP contribution in [0.1, 0.15) is 10.6 Å². The van der Waals surface area contributed by atoms with E-state index in [9.17, 15) is 4.79 Å². The lowest BCUT2D eigenvalue weighted by atomic mass is 10.1. The summed E-state index contributed by atoms with van der Waals surface area (Å²) in [5.74, 6) is 2.61. The Labute approximate surface area is 194 Å². The number of nitrogens with zero attached hydrogens (tertiary/aromatic N) is 4. The monoisotopic (exact) mass is 502 g/mol. The van der Waals surface area contributed by atoms with Crippen LogP contribution in [0.3, 0.4) is 0 Å². The first kappa shape index (κ1) is 21.9. The zero-order valence-corrected chi connectivity index (χ0v) is 19.6. The normalized spacial score (nSPS) is 13.8. The van der Waals surface area contributed by atoms with E-state index in [1.165, 1.54) is 0 Å². The van der Waals surface area contributed by atoms with Crippen molar-refractivity contribution in [3.8, 4) is 28.5 Å². The SMILES string of the molecule is COc1cc(-c2ccc(N3CCN(C(=O)c4ccc(Br)o4)CC3)nn2)cc(OC)c1OC. The van der Waals surface area contributed by atoms with Gasteiger partial charge in [0, 0.05) is 31.7 Å². The maximum atomic E-state index is 12.5. The van der Waals surface area contributed by atoms with Crippen LogP contribution in [0, 0.1) is 0 Å². The fourth-order valence-corrected chi connectivity index (χ4v) is 3.91. The van der Waals surface area contributed by atoms with Crippen molar-refractivity contribution in [3.63, 3.8) is 0 Å². The molecule has 1 aromatic carbocycles. The third-order valence-electron chi connectivity index (χ3n) is 5.29. The molecule has 0 aliphatic carbocycles. The van der Waals surface area contributed by atoms with E-state index in [4.69, 9.17) is 18.6 Å². The highest BCUT2D eigenvalue weighted by Gasteiger charge is 2.25. The Kier molecular flexibility index (Phi) is 6.50. The molecule has 1 aliphatic rings. The maximum absolute atomic E-state index is 12.5. The lowest BCUT2D eigenvalue weighted by molar-refractivity contribution is 0.0713. The molecule has 0 saturated carbocycles. The summed E-state index contributed by atoms with van der Waals surface area (Å²) in [7, 11) is 4.71. The molecule has 32 heavy (non-hydrogen) atoms. The Bertz CT molecular complexity index is 1070. The summed E-state index contributed by atoms with van der Waals surface area (Å²) in [6.45, 7) is 2.47. The fraction of sp³-hybridized carbons (Fsp3) is 0.318. The zero-order chi connectivity index (χ0) is 22.7. The second kappa shape index (κ2) is 9.47. The second-order valence-electron chi connectivity index (χ2n) is 7.07. The molecule has 10 heteroatoms. The van der Waals surface area contributed by atoms with Crippen LogP contribution in [-0.4, -0.2) is 68.5 Å². The lowest BCUT2D eigenvalue weighted by Gasteiger charge is -2.34. The summed E-state index contributed by atoms with van der Waals surface area (Å²) in [6.07, 6.45) is 0. The van der Waals surface area contributed by atoms with E-state index in [-0.39, 0.29) is 5.91 Å². The molecule has 1 fully saturated rings. The van der Waals surface area contributed by atoms with E-state index in [0.717, 1.165) is 11.4 Å². The Morgan fingerprint density at radius 3 is 2.12 bits per heavy atom. The first-order valence-corrected chi connectivity index (χ1v) is 10.8. The molecule has 0 unspecified atom stereocenters. The lowest BCUT2D eigenvalue weighted by Crippen LogP contribution is -2.49. The van der Waals surface area contributed by atoms with Crippen LogP contribution in [0.15, 0.2) is 45.5 Å². The predicted molar refractivity (Wildman–Crippen MR) is 122 cm³/mol. The van der Waals surface area contributed by atoms with Gasteiger partial charge in [-0.2, -0.15) is 0 Å². The van der Waals surface area contributed by atoms with Gasteiger partial charge in [-0.3, -0.25) is 4.79 Å². The molecular formula is C22H23BrN4O5. The van der Waals surface area contributed by atoms with Gasteiger partial charge in [-0.1, -0.05) is 0 Å². The van der Waals surface area contributed by atoms with Gasteiger partial charge in [0.1, 0.15) is 0 Å². The average molecular weight is 503 g/mol. The second-order valence-corrected chi connectivity index (χ2v) is 7.86. The molecule has 1 aliphatic heterocycles. The van der Waals surface area contributed by atoms with Gasteiger partial charge < -0.3 is 28.4 Å². The fourth-order valence-electron chi connectivity index (χ4n) is 3.60. The van der Waals surface area contributed by atoms with E-state index in [0.29, 0.717) is 59.6 Å². The van der Waals surface area contributed by atoms with Gasteiger partial charge >= 0.3 is 0 Å². The molecule has 4 rings (SSSR count). The largest absolute Gasteiger partial charge is 0.493 e. The summed E-state index contributed by atoms with van der Waals surface area (Å²) in [5, 5.41) is 8.79. The van der Waals surface area contributed by atoms with Gasteiger partial charge in [0.25, 0.3) is 5.91 Å². The molecule has 168 valence electrons. The van der Waals surface area contributed by atoms with Crippen LogP contribution in [-0.2, 0) is 0 Å². The predicted octanol–water partition coefficient (Wildman–Crippen LogP) is 3.49. The standard InChI is InChI=1S/C22H23BrN4O5/c1-29-17-12-14(13-18(30-2)21(17)31-3)15-4-7-20(25-24-15)26-8-10-27(11-9-26)22(28)16-5-6-19(23)32-16/h4-7,12-13H,8-11H2,1-3H3. The molecule has 3 heterocycles. The summed E-state index contributed by atoms with van der Waals surface area (Å²) in [6, 6.07) is 10.9. The minimum Gasteiger partial charge on any atom is -0.493 e. The van der Waals surface area contributed by atoms with E-state index < -0.39 is 0 Å². The Morgan fingerprint density at radius 1 is 0.938 bits per heavy atom. The van der Waals surface area contributed by atoms with Crippen molar-refractivity contribution in [2.75, 3.05) is 52.4 Å². The van der Waals surface area contributed by atoms with Crippen LogP contribution in [0.4, 0.5) is 5.82 Å². The Morgan fingerprint density at radius 2 is 1.62 bits per heavy atom. The number of halogens is 1. The number of amides is 1. The van der Waals surface area contributed by atoms with Gasteiger partial charge in [0.05, 0.1) is 27.0 Å². The molecule has 1 amide bonds. The van der Waals surface area contributed by atoms with Crippen molar-refractivity contribution in [3.05, 3.63) is 46.8 Å². The van der Waals surface area contributed by atoms with Crippen molar-refractivity contribution < 1.29 is 23.4 Å². The number of ether oxygens (including phenoxy) is 3. The molecule has 2 aromatic heterocycles. The number of rotatable bonds is 6. The van der Waals surface area contributed by atoms with Crippen molar-refractivity contribution >= 4 is 27.7 Å². The third-order valence-corrected chi connectivity index (χ3v) is 5.71. The number of hydrogen-bond donors (Lipinski definition) is 0. The topological polar surface area (TPSA) is 90.2 Å². The highest BCUT2D eigenvalue weighted by atomic mass is 79.9. The van der Waals surface area contributed by atoms with Gasteiger partial charge in [-0.15, -0.1) is 10.2 Å². The number of furan rings is 1. The molecule has 1 saturated heterocycles. The number of aromatic nitrogens is 2. The van der Waals surface area contributed by atoms with Crippen LogP contribution >= 0.6 is 15.9 Å². The molecule has 0 radical (unpaired) electrons. The first-order chi connectivity index (χ1) is 15.5. The molecule has 9 nitrogen and oxygen atoms in total. The maximum Gasteiger partial charge on any atom is 0.289 e.